The van der Waals surface area contributed by atoms with Crippen molar-refractivity contribution in [3.8, 4) is 5.75 Å². The molecular formula is C24H19ClN4O3S. The number of para-hydroxylation sites is 2. The van der Waals surface area contributed by atoms with Gasteiger partial charge >= 0.3 is 0 Å². The number of sulfone groups is 1. The average molecular weight is 479 g/mol. The molecule has 0 aliphatic rings. The van der Waals surface area contributed by atoms with E-state index in [-0.39, 0.29) is 21.1 Å². The first-order valence-corrected chi connectivity index (χ1v) is 11.9. The van der Waals surface area contributed by atoms with Gasteiger partial charge in [0.25, 0.3) is 0 Å². The van der Waals surface area contributed by atoms with Crippen molar-refractivity contribution in [1.82, 2.24) is 14.5 Å². The van der Waals surface area contributed by atoms with Gasteiger partial charge < -0.3 is 15.0 Å². The average Bonchev–Trinajstić information content (AvgIpc) is 3.09. The summed E-state index contributed by atoms with van der Waals surface area (Å²) in [4.78, 5) is 9.33. The van der Waals surface area contributed by atoms with E-state index in [0.717, 1.165) is 11.3 Å². The van der Waals surface area contributed by atoms with Crippen LogP contribution >= 0.6 is 11.6 Å². The number of ether oxygens (including phenoxy) is 1. The van der Waals surface area contributed by atoms with Crippen LogP contribution in [-0.2, 0) is 16.4 Å². The van der Waals surface area contributed by atoms with Gasteiger partial charge in [0.1, 0.15) is 22.0 Å². The molecule has 2 heterocycles. The van der Waals surface area contributed by atoms with Crippen molar-refractivity contribution in [2.75, 3.05) is 12.8 Å². The van der Waals surface area contributed by atoms with Gasteiger partial charge in [-0.1, -0.05) is 41.9 Å². The molecule has 166 valence electrons. The molecule has 0 atom stereocenters. The highest BCUT2D eigenvalue weighted by Crippen LogP contribution is 2.36. The van der Waals surface area contributed by atoms with E-state index < -0.39 is 9.84 Å². The molecule has 7 nitrogen and oxygen atoms in total. The normalized spacial score (nSPS) is 11.8. The number of rotatable bonds is 5. The Labute approximate surface area is 195 Å². The number of nitrogen functional groups attached to an aromatic ring is 1. The first kappa shape index (κ1) is 21.2. The van der Waals surface area contributed by atoms with E-state index in [1.54, 1.807) is 29.9 Å². The number of hydrogen-bond donors (Lipinski definition) is 1. The molecule has 5 rings (SSSR count). The van der Waals surface area contributed by atoms with Crippen LogP contribution in [0, 0.1) is 0 Å². The first-order valence-electron chi connectivity index (χ1n) is 10.1. The lowest BCUT2D eigenvalue weighted by molar-refractivity contribution is 0.414. The Morgan fingerprint density at radius 1 is 0.970 bits per heavy atom. The third kappa shape index (κ3) is 3.67. The molecule has 0 spiro atoms. The summed E-state index contributed by atoms with van der Waals surface area (Å²) >= 11 is 6.07. The van der Waals surface area contributed by atoms with Gasteiger partial charge in [-0.25, -0.2) is 18.4 Å². The number of aromatic nitrogens is 3. The minimum absolute atomic E-state index is 0.0418. The molecule has 0 saturated heterocycles. The largest absolute Gasteiger partial charge is 0.497 e. The topological polar surface area (TPSA) is 100 Å². The zero-order valence-corrected chi connectivity index (χ0v) is 19.1. The smallest absolute Gasteiger partial charge is 0.212 e. The molecule has 3 aromatic carbocycles. The molecule has 0 bridgehead atoms. The highest BCUT2D eigenvalue weighted by molar-refractivity contribution is 7.92. The fourth-order valence-electron chi connectivity index (χ4n) is 3.78. The SMILES string of the molecule is COc1ccc(Cn2c(N)c(S(=O)(=O)c3cccc(Cl)c3)c3nc4ccccc4nc32)cc1. The van der Waals surface area contributed by atoms with Gasteiger partial charge in [-0.05, 0) is 48.0 Å². The van der Waals surface area contributed by atoms with E-state index in [0.29, 0.717) is 28.2 Å². The van der Waals surface area contributed by atoms with Crippen molar-refractivity contribution < 1.29 is 13.2 Å². The maximum Gasteiger partial charge on any atom is 0.212 e. The predicted molar refractivity (Wildman–Crippen MR) is 128 cm³/mol. The molecule has 9 heteroatoms. The van der Waals surface area contributed by atoms with Crippen molar-refractivity contribution in [2.45, 2.75) is 16.3 Å². The molecule has 0 unspecified atom stereocenters. The number of anilines is 1. The molecule has 0 radical (unpaired) electrons. The third-order valence-corrected chi connectivity index (χ3v) is 7.47. The van der Waals surface area contributed by atoms with Crippen molar-refractivity contribution in [1.29, 1.82) is 0 Å². The summed E-state index contributed by atoms with van der Waals surface area (Å²) in [5, 5.41) is 0.313. The van der Waals surface area contributed by atoms with Gasteiger partial charge in [-0.3, -0.25) is 0 Å². The Morgan fingerprint density at radius 2 is 1.67 bits per heavy atom. The van der Waals surface area contributed by atoms with Crippen molar-refractivity contribution >= 4 is 49.5 Å². The quantitative estimate of drug-likeness (QED) is 0.392. The van der Waals surface area contributed by atoms with Crippen molar-refractivity contribution in [2.24, 2.45) is 0 Å². The number of hydrogen-bond acceptors (Lipinski definition) is 6. The maximum atomic E-state index is 13.7. The van der Waals surface area contributed by atoms with Crippen molar-refractivity contribution in [3.63, 3.8) is 0 Å². The van der Waals surface area contributed by atoms with E-state index in [2.05, 4.69) is 4.98 Å². The van der Waals surface area contributed by atoms with Crippen LogP contribution in [-0.4, -0.2) is 30.1 Å². The molecule has 0 aliphatic carbocycles. The van der Waals surface area contributed by atoms with Crippen LogP contribution in [0.15, 0.2) is 82.6 Å². The maximum absolute atomic E-state index is 13.7. The van der Waals surface area contributed by atoms with E-state index in [1.165, 1.54) is 12.1 Å². The van der Waals surface area contributed by atoms with Crippen LogP contribution in [0.2, 0.25) is 5.02 Å². The summed E-state index contributed by atoms with van der Waals surface area (Å²) in [6.07, 6.45) is 0. The Kier molecular flexibility index (Phi) is 5.19. The Morgan fingerprint density at radius 3 is 2.33 bits per heavy atom. The van der Waals surface area contributed by atoms with Gasteiger partial charge in [-0.15, -0.1) is 0 Å². The highest BCUT2D eigenvalue weighted by atomic mass is 35.5. The lowest BCUT2D eigenvalue weighted by Gasteiger charge is -2.09. The number of fused-ring (bicyclic) bond motifs is 2. The number of nitrogens with two attached hydrogens (primary N) is 1. The van der Waals surface area contributed by atoms with Crippen LogP contribution in [0.1, 0.15) is 5.56 Å². The molecule has 0 aliphatic heterocycles. The summed E-state index contributed by atoms with van der Waals surface area (Å²) in [6.45, 7) is 0.310. The molecule has 0 amide bonds. The van der Waals surface area contributed by atoms with Gasteiger partial charge in [0.2, 0.25) is 9.84 Å². The van der Waals surface area contributed by atoms with Gasteiger partial charge in [-0.2, -0.15) is 0 Å². The van der Waals surface area contributed by atoms with Crippen LogP contribution in [0.5, 0.6) is 5.75 Å². The lowest BCUT2D eigenvalue weighted by Crippen LogP contribution is -2.09. The zero-order chi connectivity index (χ0) is 23.2. The molecule has 2 N–H and O–H groups in total. The minimum Gasteiger partial charge on any atom is -0.497 e. The van der Waals surface area contributed by atoms with E-state index in [1.807, 2.05) is 42.5 Å². The fourth-order valence-corrected chi connectivity index (χ4v) is 5.59. The van der Waals surface area contributed by atoms with Gasteiger partial charge in [0.05, 0.1) is 29.6 Å². The summed E-state index contributed by atoms with van der Waals surface area (Å²) in [5.41, 5.74) is 9.23. The van der Waals surface area contributed by atoms with Crippen molar-refractivity contribution in [3.05, 3.63) is 83.4 Å². The first-order chi connectivity index (χ1) is 15.9. The zero-order valence-electron chi connectivity index (χ0n) is 17.6. The van der Waals surface area contributed by atoms with Crippen LogP contribution in [0.4, 0.5) is 5.82 Å². The molecule has 2 aromatic heterocycles. The Hall–Kier alpha value is -3.62. The summed E-state index contributed by atoms with van der Waals surface area (Å²) in [7, 11) is -2.42. The molecular weight excluding hydrogens is 460 g/mol. The number of nitrogens with zero attached hydrogens (tertiary/aromatic N) is 3. The minimum atomic E-state index is -4.02. The lowest BCUT2D eigenvalue weighted by atomic mass is 10.2. The van der Waals surface area contributed by atoms with Crippen LogP contribution in [0.3, 0.4) is 0 Å². The predicted octanol–water partition coefficient (Wildman–Crippen LogP) is 4.71. The second-order valence-corrected chi connectivity index (χ2v) is 9.82. The van der Waals surface area contributed by atoms with Gasteiger partial charge in [0, 0.05) is 5.02 Å². The Balaban J connectivity index is 1.78. The second-order valence-electron chi connectivity index (χ2n) is 7.49. The number of methoxy groups -OCH3 is 1. The second kappa shape index (κ2) is 8.06. The molecule has 0 saturated carbocycles. The van der Waals surface area contributed by atoms with Gasteiger partial charge in [0.15, 0.2) is 5.65 Å². The fraction of sp³-hybridized carbons (Fsp3) is 0.0833. The highest BCUT2D eigenvalue weighted by Gasteiger charge is 2.30. The van der Waals surface area contributed by atoms with Crippen LogP contribution < -0.4 is 10.5 Å². The third-order valence-electron chi connectivity index (χ3n) is 5.42. The number of halogens is 1. The summed E-state index contributed by atoms with van der Waals surface area (Å²) < 4.78 is 34.2. The van der Waals surface area contributed by atoms with E-state index in [9.17, 15) is 8.42 Å². The standard InChI is InChI=1S/C24H19ClN4O3S/c1-32-17-11-9-15(10-12-17)14-29-23(26)22(33(30,31)18-6-4-5-16(25)13-18)21-24(29)28-20-8-3-2-7-19(20)27-21/h2-13H,14,26H2,1H3. The summed E-state index contributed by atoms with van der Waals surface area (Å²) in [6, 6.07) is 20.8. The Bertz CT molecular complexity index is 1610. The molecule has 0 fully saturated rings. The molecule has 5 aromatic rings. The monoisotopic (exact) mass is 478 g/mol. The molecule has 33 heavy (non-hydrogen) atoms. The number of benzene rings is 3. The summed E-state index contributed by atoms with van der Waals surface area (Å²) in [5.74, 6) is 0.787. The van der Waals surface area contributed by atoms with E-state index >= 15 is 0 Å². The van der Waals surface area contributed by atoms with Crippen LogP contribution in [0.25, 0.3) is 22.2 Å². The van der Waals surface area contributed by atoms with E-state index in [4.69, 9.17) is 27.1 Å².